The van der Waals surface area contributed by atoms with Crippen LogP contribution in [0.25, 0.3) is 0 Å². The number of hydrogen-bond donors (Lipinski definition) is 1. The van der Waals surface area contributed by atoms with E-state index in [9.17, 15) is 9.59 Å². The Morgan fingerprint density at radius 3 is 2.47 bits per heavy atom. The van der Waals surface area contributed by atoms with Gasteiger partial charge in [-0.15, -0.1) is 0 Å². The van der Waals surface area contributed by atoms with Gasteiger partial charge in [-0.1, -0.05) is 24.3 Å². The van der Waals surface area contributed by atoms with Gasteiger partial charge < -0.3 is 19.3 Å². The molecule has 1 N–H and O–H groups in total. The molecule has 8 heteroatoms. The highest BCUT2D eigenvalue weighted by molar-refractivity contribution is 6.05. The normalized spacial score (nSPS) is 18.6. The quantitative estimate of drug-likeness (QED) is 0.701. The lowest BCUT2D eigenvalue weighted by molar-refractivity contribution is -0.896. The summed E-state index contributed by atoms with van der Waals surface area (Å²) in [5, 5.41) is 6.49. The molecule has 0 spiro atoms. The molecule has 34 heavy (non-hydrogen) atoms. The molecule has 2 heterocycles. The number of ether oxygens (including phenoxy) is 2. The molecule has 0 radical (unpaired) electrons. The molecule has 2 aromatic carbocycles. The molecule has 1 atom stereocenters. The first-order valence-corrected chi connectivity index (χ1v) is 11.7. The third kappa shape index (κ3) is 4.92. The van der Waals surface area contributed by atoms with Crippen molar-refractivity contribution in [2.24, 2.45) is 5.10 Å². The lowest BCUT2D eigenvalue weighted by atomic mass is 9.95. The van der Waals surface area contributed by atoms with Crippen molar-refractivity contribution in [3.05, 3.63) is 59.2 Å². The van der Waals surface area contributed by atoms with Crippen LogP contribution in [0.15, 0.2) is 47.6 Å². The molecule has 2 aliphatic heterocycles. The van der Waals surface area contributed by atoms with E-state index in [-0.39, 0.29) is 17.9 Å². The van der Waals surface area contributed by atoms with Crippen molar-refractivity contribution >= 4 is 17.5 Å². The number of nitrogens with one attached hydrogen (secondary N) is 1. The van der Waals surface area contributed by atoms with Gasteiger partial charge in [0.05, 0.1) is 52.2 Å². The summed E-state index contributed by atoms with van der Waals surface area (Å²) < 4.78 is 10.9. The van der Waals surface area contributed by atoms with Gasteiger partial charge in [0.15, 0.2) is 6.54 Å². The summed E-state index contributed by atoms with van der Waals surface area (Å²) in [6, 6.07) is 13.6. The van der Waals surface area contributed by atoms with Crippen molar-refractivity contribution in [1.29, 1.82) is 0 Å². The Morgan fingerprint density at radius 2 is 1.82 bits per heavy atom. The van der Waals surface area contributed by atoms with Gasteiger partial charge in [-0.05, 0) is 30.2 Å². The Kier molecular flexibility index (Phi) is 7.17. The minimum Gasteiger partial charge on any atom is -0.497 e. The van der Waals surface area contributed by atoms with E-state index in [1.165, 1.54) is 4.90 Å². The molecule has 2 aliphatic rings. The fraction of sp³-hybridized carbons (Fsp3) is 0.423. The van der Waals surface area contributed by atoms with E-state index >= 15 is 0 Å². The van der Waals surface area contributed by atoms with Gasteiger partial charge >= 0.3 is 0 Å². The first-order chi connectivity index (χ1) is 16.4. The molecule has 1 unspecified atom stereocenters. The van der Waals surface area contributed by atoms with Crippen molar-refractivity contribution in [1.82, 2.24) is 9.91 Å². The zero-order valence-corrected chi connectivity index (χ0v) is 20.3. The number of quaternary nitrogens is 1. The maximum absolute atomic E-state index is 13.5. The van der Waals surface area contributed by atoms with E-state index in [2.05, 4.69) is 19.1 Å². The summed E-state index contributed by atoms with van der Waals surface area (Å²) in [6.07, 6.45) is 0.604. The third-order valence-electron chi connectivity index (χ3n) is 6.75. The minimum atomic E-state index is -0.173. The van der Waals surface area contributed by atoms with Crippen LogP contribution in [0.5, 0.6) is 11.5 Å². The monoisotopic (exact) mass is 465 g/mol. The maximum atomic E-state index is 13.5. The summed E-state index contributed by atoms with van der Waals surface area (Å²) in [4.78, 5) is 28.2. The van der Waals surface area contributed by atoms with Crippen LogP contribution >= 0.6 is 0 Å². The summed E-state index contributed by atoms with van der Waals surface area (Å²) in [7, 11) is 3.24. The molecule has 180 valence electrons. The first-order valence-electron chi connectivity index (χ1n) is 11.7. The Labute approximate surface area is 200 Å². The Morgan fingerprint density at radius 1 is 1.09 bits per heavy atom. The second kappa shape index (κ2) is 10.3. The van der Waals surface area contributed by atoms with Gasteiger partial charge in [-0.2, -0.15) is 5.10 Å². The number of rotatable bonds is 6. The number of hydrazone groups is 1. The van der Waals surface area contributed by atoms with Gasteiger partial charge in [0.2, 0.25) is 5.91 Å². The molecule has 2 aromatic rings. The number of aryl methyl sites for hydroxylation is 1. The molecule has 0 aromatic heterocycles. The van der Waals surface area contributed by atoms with Crippen LogP contribution < -0.4 is 14.4 Å². The third-order valence-corrected chi connectivity index (χ3v) is 6.75. The van der Waals surface area contributed by atoms with Gasteiger partial charge in [0.1, 0.15) is 11.5 Å². The smallest absolute Gasteiger partial charge is 0.298 e. The molecular formula is C26H33N4O4+. The SMILES string of the molecule is COc1ccc(C2=NN(C(=O)C[NH+]3CCN(C(C)=O)CC3)C(c3ccccc3C)C2)c(OC)c1. The highest BCUT2D eigenvalue weighted by Crippen LogP contribution is 2.37. The fourth-order valence-corrected chi connectivity index (χ4v) is 4.75. The number of carbonyl (C=O) groups excluding carboxylic acids is 2. The Bertz CT molecular complexity index is 1090. The molecule has 0 bridgehead atoms. The molecule has 0 saturated carbocycles. The largest absolute Gasteiger partial charge is 0.497 e. The van der Waals surface area contributed by atoms with Crippen LogP contribution in [0, 0.1) is 6.92 Å². The van der Waals surface area contributed by atoms with Gasteiger partial charge in [0, 0.05) is 25.0 Å². The van der Waals surface area contributed by atoms with Gasteiger partial charge in [-0.3, -0.25) is 9.59 Å². The van der Waals surface area contributed by atoms with Crippen molar-refractivity contribution in [2.45, 2.75) is 26.3 Å². The van der Waals surface area contributed by atoms with E-state index in [0.29, 0.717) is 37.6 Å². The zero-order valence-electron chi connectivity index (χ0n) is 20.3. The zero-order chi connectivity index (χ0) is 24.2. The van der Waals surface area contributed by atoms with Crippen molar-refractivity contribution in [3.63, 3.8) is 0 Å². The lowest BCUT2D eigenvalue weighted by Gasteiger charge is -2.32. The summed E-state index contributed by atoms with van der Waals surface area (Å²) in [5.41, 5.74) is 3.90. The van der Waals surface area contributed by atoms with Crippen LogP contribution in [-0.2, 0) is 9.59 Å². The molecule has 1 fully saturated rings. The van der Waals surface area contributed by atoms with E-state index in [0.717, 1.165) is 35.5 Å². The molecule has 2 amide bonds. The maximum Gasteiger partial charge on any atom is 0.298 e. The number of carbonyl (C=O) groups is 2. The fourth-order valence-electron chi connectivity index (χ4n) is 4.75. The van der Waals surface area contributed by atoms with Crippen LogP contribution in [0.1, 0.15) is 36.1 Å². The minimum absolute atomic E-state index is 0.0120. The number of amides is 2. The molecule has 1 saturated heterocycles. The number of methoxy groups -OCH3 is 2. The summed E-state index contributed by atoms with van der Waals surface area (Å²) >= 11 is 0. The molecular weight excluding hydrogens is 432 g/mol. The number of piperazine rings is 1. The van der Waals surface area contributed by atoms with E-state index < -0.39 is 0 Å². The Hall–Kier alpha value is -3.39. The average molecular weight is 466 g/mol. The van der Waals surface area contributed by atoms with E-state index in [1.807, 2.05) is 35.2 Å². The van der Waals surface area contributed by atoms with Crippen molar-refractivity contribution in [3.8, 4) is 11.5 Å². The highest BCUT2D eigenvalue weighted by atomic mass is 16.5. The number of benzene rings is 2. The van der Waals surface area contributed by atoms with Gasteiger partial charge in [0.25, 0.3) is 5.91 Å². The van der Waals surface area contributed by atoms with Crippen LogP contribution in [0.3, 0.4) is 0 Å². The van der Waals surface area contributed by atoms with Crippen LogP contribution in [0.2, 0.25) is 0 Å². The van der Waals surface area contributed by atoms with E-state index in [4.69, 9.17) is 14.6 Å². The van der Waals surface area contributed by atoms with E-state index in [1.54, 1.807) is 26.2 Å². The predicted octanol–water partition coefficient (Wildman–Crippen LogP) is 1.44. The number of nitrogens with zero attached hydrogens (tertiary/aromatic N) is 3. The van der Waals surface area contributed by atoms with Gasteiger partial charge in [-0.25, -0.2) is 5.01 Å². The average Bonchev–Trinajstić information content (AvgIpc) is 3.29. The molecule has 8 nitrogen and oxygen atoms in total. The van der Waals surface area contributed by atoms with Crippen LogP contribution in [-0.4, -0.2) is 74.4 Å². The first kappa shape index (κ1) is 23.8. The van der Waals surface area contributed by atoms with Crippen molar-refractivity contribution in [2.75, 3.05) is 46.9 Å². The molecule has 0 aliphatic carbocycles. The second-order valence-electron chi connectivity index (χ2n) is 8.86. The molecule has 4 rings (SSSR count). The summed E-state index contributed by atoms with van der Waals surface area (Å²) in [6.45, 7) is 6.89. The standard InChI is InChI=1S/C26H32N4O4/c1-18-7-5-6-8-21(18)24-16-23(22-10-9-20(33-3)15-25(22)34-4)27-30(24)26(32)17-28-11-13-29(14-12-28)19(2)31/h5-10,15,24H,11-14,16-17H2,1-4H3/p+1. The highest BCUT2D eigenvalue weighted by Gasteiger charge is 2.36. The Balaban J connectivity index is 1.60. The lowest BCUT2D eigenvalue weighted by Crippen LogP contribution is -3.15. The summed E-state index contributed by atoms with van der Waals surface area (Å²) in [5.74, 6) is 1.45. The topological polar surface area (TPSA) is 75.9 Å². The van der Waals surface area contributed by atoms with Crippen LogP contribution in [0.4, 0.5) is 0 Å². The second-order valence-corrected chi connectivity index (χ2v) is 8.86. The predicted molar refractivity (Wildman–Crippen MR) is 129 cm³/mol. The number of hydrogen-bond acceptors (Lipinski definition) is 5. The van der Waals surface area contributed by atoms with Crippen molar-refractivity contribution < 1.29 is 24.0 Å².